The molecule has 0 heterocycles. The maximum absolute atomic E-state index is 12.3. The number of hydrogen-bond acceptors (Lipinski definition) is 2. The monoisotopic (exact) mass is 268 g/mol. The Bertz CT molecular complexity index is 623. The Kier molecular flexibility index (Phi) is 3.70. The highest BCUT2D eigenvalue weighted by Crippen LogP contribution is 2.19. The van der Waals surface area contributed by atoms with Gasteiger partial charge in [0.2, 0.25) is 0 Å². The van der Waals surface area contributed by atoms with Crippen LogP contribution in [0, 0.1) is 0 Å². The number of amides is 1. The van der Waals surface area contributed by atoms with Gasteiger partial charge in [-0.2, -0.15) is 0 Å². The fourth-order valence-electron chi connectivity index (χ4n) is 2.92. The normalized spacial score (nSPS) is 22.6. The molecule has 20 heavy (non-hydrogen) atoms. The van der Waals surface area contributed by atoms with Crippen LogP contribution >= 0.6 is 0 Å². The van der Waals surface area contributed by atoms with Gasteiger partial charge < -0.3 is 11.1 Å². The van der Waals surface area contributed by atoms with Gasteiger partial charge in [-0.15, -0.1) is 0 Å². The molecule has 0 aliphatic heterocycles. The van der Waals surface area contributed by atoms with Crippen LogP contribution in [0.15, 0.2) is 42.5 Å². The molecule has 1 aliphatic rings. The van der Waals surface area contributed by atoms with Crippen molar-refractivity contribution < 1.29 is 4.79 Å². The summed E-state index contributed by atoms with van der Waals surface area (Å²) < 4.78 is 0. The first-order valence-electron chi connectivity index (χ1n) is 7.29. The molecule has 1 saturated carbocycles. The number of nitrogens with one attached hydrogen (secondary N) is 1. The summed E-state index contributed by atoms with van der Waals surface area (Å²) in [6.07, 6.45) is 4.31. The van der Waals surface area contributed by atoms with Gasteiger partial charge in [0.1, 0.15) is 0 Å². The third kappa shape index (κ3) is 2.68. The van der Waals surface area contributed by atoms with Crippen molar-refractivity contribution in [1.29, 1.82) is 0 Å². The van der Waals surface area contributed by atoms with Crippen LogP contribution in [0.4, 0.5) is 0 Å². The number of nitrogens with two attached hydrogens (primary N) is 1. The van der Waals surface area contributed by atoms with Gasteiger partial charge in [0.05, 0.1) is 0 Å². The molecule has 1 amide bonds. The lowest BCUT2D eigenvalue weighted by atomic mass is 9.91. The van der Waals surface area contributed by atoms with Crippen LogP contribution in [0.25, 0.3) is 10.8 Å². The Morgan fingerprint density at radius 3 is 2.60 bits per heavy atom. The van der Waals surface area contributed by atoms with E-state index < -0.39 is 0 Å². The van der Waals surface area contributed by atoms with Crippen molar-refractivity contribution in [2.75, 3.05) is 0 Å². The molecule has 2 aromatic carbocycles. The van der Waals surface area contributed by atoms with Gasteiger partial charge in [-0.1, -0.05) is 43.2 Å². The minimum absolute atomic E-state index is 0.0156. The summed E-state index contributed by atoms with van der Waals surface area (Å²) in [7, 11) is 0. The number of rotatable bonds is 2. The molecular weight excluding hydrogens is 248 g/mol. The van der Waals surface area contributed by atoms with Gasteiger partial charge >= 0.3 is 0 Å². The van der Waals surface area contributed by atoms with E-state index in [4.69, 9.17) is 5.73 Å². The second-order valence-electron chi connectivity index (χ2n) is 5.59. The predicted molar refractivity (Wildman–Crippen MR) is 81.6 cm³/mol. The molecule has 3 heteroatoms. The van der Waals surface area contributed by atoms with E-state index in [-0.39, 0.29) is 18.0 Å². The van der Waals surface area contributed by atoms with Crippen molar-refractivity contribution in [3.63, 3.8) is 0 Å². The summed E-state index contributed by atoms with van der Waals surface area (Å²) in [5, 5.41) is 5.33. The minimum atomic E-state index is -0.0156. The zero-order chi connectivity index (χ0) is 13.9. The fraction of sp³-hybridized carbons (Fsp3) is 0.353. The van der Waals surface area contributed by atoms with Crippen molar-refractivity contribution in [2.45, 2.75) is 37.8 Å². The van der Waals surface area contributed by atoms with E-state index in [2.05, 4.69) is 5.32 Å². The van der Waals surface area contributed by atoms with Gasteiger partial charge in [0.25, 0.3) is 5.91 Å². The zero-order valence-corrected chi connectivity index (χ0v) is 11.5. The molecule has 0 aromatic heterocycles. The first-order valence-corrected chi connectivity index (χ1v) is 7.29. The van der Waals surface area contributed by atoms with E-state index in [1.54, 1.807) is 0 Å². The summed E-state index contributed by atoms with van der Waals surface area (Å²) >= 11 is 0. The Morgan fingerprint density at radius 2 is 1.80 bits per heavy atom. The zero-order valence-electron chi connectivity index (χ0n) is 11.5. The summed E-state index contributed by atoms with van der Waals surface area (Å²) in [4.78, 5) is 12.3. The quantitative estimate of drug-likeness (QED) is 0.880. The molecular formula is C17H20N2O. The van der Waals surface area contributed by atoms with Crippen molar-refractivity contribution in [3.05, 3.63) is 48.0 Å². The number of carbonyl (C=O) groups is 1. The van der Waals surface area contributed by atoms with Crippen molar-refractivity contribution >= 4 is 16.7 Å². The summed E-state index contributed by atoms with van der Waals surface area (Å²) in [6.45, 7) is 0. The summed E-state index contributed by atoms with van der Waals surface area (Å²) in [6, 6.07) is 14.1. The Labute approximate surface area is 119 Å². The van der Waals surface area contributed by atoms with Crippen molar-refractivity contribution in [2.24, 2.45) is 5.73 Å². The number of carbonyl (C=O) groups excluding carboxylic acids is 1. The molecule has 0 spiro atoms. The third-order valence-electron chi connectivity index (χ3n) is 4.15. The Hall–Kier alpha value is -1.87. The number of fused-ring (bicyclic) bond motifs is 1. The molecule has 0 saturated heterocycles. The predicted octanol–water partition coefficient (Wildman–Crippen LogP) is 2.84. The average molecular weight is 268 g/mol. The molecule has 0 bridgehead atoms. The minimum Gasteiger partial charge on any atom is -0.348 e. The van der Waals surface area contributed by atoms with Crippen LogP contribution < -0.4 is 11.1 Å². The van der Waals surface area contributed by atoms with Crippen molar-refractivity contribution in [1.82, 2.24) is 5.32 Å². The Morgan fingerprint density at radius 1 is 1.05 bits per heavy atom. The highest BCUT2D eigenvalue weighted by atomic mass is 16.1. The highest BCUT2D eigenvalue weighted by Gasteiger charge is 2.23. The lowest BCUT2D eigenvalue weighted by molar-refractivity contribution is 0.0921. The molecule has 2 aromatic rings. The van der Waals surface area contributed by atoms with E-state index in [1.165, 1.54) is 6.42 Å². The van der Waals surface area contributed by atoms with Crippen LogP contribution in [-0.2, 0) is 0 Å². The Balaban J connectivity index is 1.78. The molecule has 1 fully saturated rings. The largest absolute Gasteiger partial charge is 0.348 e. The van der Waals surface area contributed by atoms with Crippen molar-refractivity contribution in [3.8, 4) is 0 Å². The smallest absolute Gasteiger partial charge is 0.251 e. The number of hydrogen-bond donors (Lipinski definition) is 2. The second-order valence-corrected chi connectivity index (χ2v) is 5.59. The standard InChI is InChI=1S/C17H20N2O/c18-15-7-3-4-8-16(15)19-17(20)14-10-9-12-5-1-2-6-13(12)11-14/h1-2,5-6,9-11,15-16H,3-4,7-8,18H2,(H,19,20). The van der Waals surface area contributed by atoms with Gasteiger partial charge in [0, 0.05) is 17.6 Å². The summed E-state index contributed by atoms with van der Waals surface area (Å²) in [5.74, 6) is -0.0156. The maximum Gasteiger partial charge on any atom is 0.251 e. The molecule has 3 nitrogen and oxygen atoms in total. The molecule has 3 rings (SSSR count). The van der Waals surface area contributed by atoms with Gasteiger partial charge in [-0.25, -0.2) is 0 Å². The molecule has 1 aliphatic carbocycles. The first kappa shape index (κ1) is 13.1. The molecule has 3 N–H and O–H groups in total. The second kappa shape index (κ2) is 5.63. The van der Waals surface area contributed by atoms with Gasteiger partial charge in [-0.3, -0.25) is 4.79 Å². The molecule has 2 unspecified atom stereocenters. The molecule has 104 valence electrons. The van der Waals surface area contributed by atoms with Crippen LogP contribution in [0.1, 0.15) is 36.0 Å². The third-order valence-corrected chi connectivity index (χ3v) is 4.15. The SMILES string of the molecule is NC1CCCCC1NC(=O)c1ccc2ccccc2c1. The van der Waals surface area contributed by atoms with Gasteiger partial charge in [0.15, 0.2) is 0 Å². The maximum atomic E-state index is 12.3. The lowest BCUT2D eigenvalue weighted by Crippen LogP contribution is -2.49. The van der Waals surface area contributed by atoms with Gasteiger partial charge in [-0.05, 0) is 35.7 Å². The van der Waals surface area contributed by atoms with Crippen LogP contribution in [-0.4, -0.2) is 18.0 Å². The van der Waals surface area contributed by atoms with Crippen LogP contribution in [0.3, 0.4) is 0 Å². The lowest BCUT2D eigenvalue weighted by Gasteiger charge is -2.29. The van der Waals surface area contributed by atoms with Crippen LogP contribution in [0.2, 0.25) is 0 Å². The van der Waals surface area contributed by atoms with E-state index >= 15 is 0 Å². The number of benzene rings is 2. The fourth-order valence-corrected chi connectivity index (χ4v) is 2.92. The van der Waals surface area contributed by atoms with Crippen LogP contribution in [0.5, 0.6) is 0 Å². The van der Waals surface area contributed by atoms with E-state index in [9.17, 15) is 4.79 Å². The highest BCUT2D eigenvalue weighted by molar-refractivity contribution is 5.98. The van der Waals surface area contributed by atoms with E-state index in [0.717, 1.165) is 30.0 Å². The summed E-state index contributed by atoms with van der Waals surface area (Å²) in [5.41, 5.74) is 6.79. The first-order chi connectivity index (χ1) is 9.74. The molecule has 2 atom stereocenters. The molecule has 0 radical (unpaired) electrons. The topological polar surface area (TPSA) is 55.1 Å². The average Bonchev–Trinajstić information content (AvgIpc) is 2.49. The van der Waals surface area contributed by atoms with E-state index in [0.29, 0.717) is 5.56 Å². The van der Waals surface area contributed by atoms with E-state index in [1.807, 2.05) is 42.5 Å².